The van der Waals surface area contributed by atoms with Crippen LogP contribution in [-0.2, 0) is 12.4 Å². The van der Waals surface area contributed by atoms with Crippen molar-refractivity contribution in [2.75, 3.05) is 39.3 Å². The SMILES string of the molecule is Fc1ccc([C@@H]2C(N3CCN(CC4CC4)CC3)CC[N][C@@H]2c2cc(C(F)(F)F)cc(C(F)(F)F)c2)cc1. The molecule has 0 spiro atoms. The Labute approximate surface area is 211 Å². The molecule has 2 aromatic rings. The molecule has 2 heterocycles. The van der Waals surface area contributed by atoms with E-state index in [0.717, 1.165) is 50.8 Å². The molecule has 10 heteroatoms. The molecule has 1 unspecified atom stereocenters. The van der Waals surface area contributed by atoms with Gasteiger partial charge in [0.1, 0.15) is 5.82 Å². The fourth-order valence-electron chi connectivity index (χ4n) is 5.75. The summed E-state index contributed by atoms with van der Waals surface area (Å²) in [5, 5.41) is 4.57. The van der Waals surface area contributed by atoms with Crippen LogP contribution in [0.1, 0.15) is 53.5 Å². The second-order valence-corrected chi connectivity index (χ2v) is 10.4. The van der Waals surface area contributed by atoms with Crippen molar-refractivity contribution >= 4 is 0 Å². The molecule has 37 heavy (non-hydrogen) atoms. The summed E-state index contributed by atoms with van der Waals surface area (Å²) in [6.07, 6.45) is -6.72. The number of piperidine rings is 1. The molecule has 3 aliphatic rings. The van der Waals surface area contributed by atoms with Crippen LogP contribution in [0.15, 0.2) is 42.5 Å². The van der Waals surface area contributed by atoms with E-state index in [1.165, 1.54) is 25.0 Å². The second-order valence-electron chi connectivity index (χ2n) is 10.4. The number of halogens is 7. The average molecular weight is 529 g/mol. The van der Waals surface area contributed by atoms with Gasteiger partial charge in [-0.3, -0.25) is 4.90 Å². The Kier molecular flexibility index (Phi) is 7.28. The van der Waals surface area contributed by atoms with Crippen LogP contribution in [0.3, 0.4) is 0 Å². The number of hydrogen-bond donors (Lipinski definition) is 0. The van der Waals surface area contributed by atoms with Crippen molar-refractivity contribution in [2.45, 2.75) is 49.6 Å². The predicted octanol–water partition coefficient (Wildman–Crippen LogP) is 6.09. The Bertz CT molecular complexity index is 1040. The number of hydrogen-bond acceptors (Lipinski definition) is 2. The van der Waals surface area contributed by atoms with Crippen molar-refractivity contribution in [1.82, 2.24) is 15.1 Å². The van der Waals surface area contributed by atoms with Gasteiger partial charge in [0.15, 0.2) is 0 Å². The van der Waals surface area contributed by atoms with E-state index in [1.54, 1.807) is 12.1 Å². The van der Waals surface area contributed by atoms with Gasteiger partial charge >= 0.3 is 12.4 Å². The summed E-state index contributed by atoms with van der Waals surface area (Å²) in [6.45, 7) is 4.66. The Morgan fingerprint density at radius 3 is 1.89 bits per heavy atom. The summed E-state index contributed by atoms with van der Waals surface area (Å²) in [7, 11) is 0. The number of piperazine rings is 1. The third-order valence-corrected chi connectivity index (χ3v) is 7.80. The van der Waals surface area contributed by atoms with E-state index < -0.39 is 41.3 Å². The molecule has 3 atom stereocenters. The van der Waals surface area contributed by atoms with Crippen LogP contribution in [0.5, 0.6) is 0 Å². The van der Waals surface area contributed by atoms with E-state index >= 15 is 0 Å². The number of benzene rings is 2. The van der Waals surface area contributed by atoms with E-state index in [2.05, 4.69) is 15.1 Å². The normalized spacial score (nSPS) is 26.4. The quantitative estimate of drug-likeness (QED) is 0.438. The van der Waals surface area contributed by atoms with Crippen LogP contribution >= 0.6 is 0 Å². The van der Waals surface area contributed by atoms with Crippen molar-refractivity contribution in [2.24, 2.45) is 5.92 Å². The second kappa shape index (κ2) is 10.2. The zero-order chi connectivity index (χ0) is 26.4. The molecule has 2 saturated heterocycles. The Balaban J connectivity index is 1.50. The lowest BCUT2D eigenvalue weighted by Gasteiger charge is -2.47. The van der Waals surface area contributed by atoms with Crippen LogP contribution in [0, 0.1) is 11.7 Å². The monoisotopic (exact) mass is 528 g/mol. The van der Waals surface area contributed by atoms with Crippen molar-refractivity contribution in [1.29, 1.82) is 0 Å². The molecular weight excluding hydrogens is 499 g/mol. The maximum absolute atomic E-state index is 13.8. The maximum atomic E-state index is 13.8. The van der Waals surface area contributed by atoms with Gasteiger partial charge in [-0.2, -0.15) is 26.3 Å². The van der Waals surface area contributed by atoms with Crippen LogP contribution in [-0.4, -0.2) is 55.1 Å². The molecule has 0 aromatic heterocycles. The van der Waals surface area contributed by atoms with E-state index in [0.29, 0.717) is 18.5 Å². The van der Waals surface area contributed by atoms with Gasteiger partial charge in [-0.15, -0.1) is 0 Å². The molecular formula is C27H29F7N3. The van der Waals surface area contributed by atoms with E-state index in [9.17, 15) is 30.7 Å². The van der Waals surface area contributed by atoms with Gasteiger partial charge in [-0.1, -0.05) is 12.1 Å². The molecule has 1 saturated carbocycles. The molecule has 5 rings (SSSR count). The largest absolute Gasteiger partial charge is 0.416 e. The van der Waals surface area contributed by atoms with Gasteiger partial charge in [0.05, 0.1) is 17.2 Å². The highest BCUT2D eigenvalue weighted by Gasteiger charge is 2.43. The fraction of sp³-hybridized carbons (Fsp3) is 0.556. The van der Waals surface area contributed by atoms with Crippen molar-refractivity contribution < 1.29 is 30.7 Å². The van der Waals surface area contributed by atoms with Crippen molar-refractivity contribution in [3.8, 4) is 0 Å². The van der Waals surface area contributed by atoms with Gasteiger partial charge in [-0.25, -0.2) is 9.71 Å². The molecule has 2 aliphatic heterocycles. The summed E-state index contributed by atoms with van der Waals surface area (Å²) in [6, 6.07) is 6.36. The first-order chi connectivity index (χ1) is 17.5. The highest BCUT2D eigenvalue weighted by atomic mass is 19.4. The van der Waals surface area contributed by atoms with Crippen LogP contribution in [0.2, 0.25) is 0 Å². The van der Waals surface area contributed by atoms with Gasteiger partial charge in [0, 0.05) is 51.2 Å². The summed E-state index contributed by atoms with van der Waals surface area (Å²) in [4.78, 5) is 4.71. The molecule has 201 valence electrons. The standard InChI is InChI=1S/C27H29F7N3/c28-22-5-3-18(4-6-22)24-23(37-11-9-36(10-12-37)16-17-1-2-17)7-8-35-25(24)19-13-20(26(29,30)31)15-21(14-19)27(32,33)34/h3-6,13-15,17,23-25H,1-2,7-12,16H2/t23?,24-,25-/m1/s1. The minimum absolute atomic E-state index is 0.117. The van der Waals surface area contributed by atoms with Gasteiger partial charge in [0.25, 0.3) is 0 Å². The molecule has 2 aromatic carbocycles. The highest BCUT2D eigenvalue weighted by Crippen LogP contribution is 2.44. The molecule has 0 amide bonds. The Morgan fingerprint density at radius 2 is 1.35 bits per heavy atom. The lowest BCUT2D eigenvalue weighted by Crippen LogP contribution is -2.55. The van der Waals surface area contributed by atoms with E-state index in [-0.39, 0.29) is 17.7 Å². The number of rotatable bonds is 5. The van der Waals surface area contributed by atoms with Crippen LogP contribution in [0.4, 0.5) is 30.7 Å². The zero-order valence-electron chi connectivity index (χ0n) is 20.2. The molecule has 1 radical (unpaired) electrons. The first-order valence-electron chi connectivity index (χ1n) is 12.7. The van der Waals surface area contributed by atoms with Crippen LogP contribution < -0.4 is 5.32 Å². The summed E-state index contributed by atoms with van der Waals surface area (Å²) in [5.41, 5.74) is -2.15. The fourth-order valence-corrected chi connectivity index (χ4v) is 5.75. The van der Waals surface area contributed by atoms with E-state index in [4.69, 9.17) is 0 Å². The summed E-state index contributed by atoms with van der Waals surface area (Å²) >= 11 is 0. The minimum Gasteiger partial charge on any atom is -0.301 e. The Morgan fingerprint density at radius 1 is 0.757 bits per heavy atom. The molecule has 0 N–H and O–H groups in total. The average Bonchev–Trinajstić information content (AvgIpc) is 3.67. The number of alkyl halides is 6. The van der Waals surface area contributed by atoms with Crippen molar-refractivity contribution in [3.05, 3.63) is 70.5 Å². The van der Waals surface area contributed by atoms with Gasteiger partial charge in [-0.05, 0) is 66.6 Å². The predicted molar refractivity (Wildman–Crippen MR) is 124 cm³/mol. The van der Waals surface area contributed by atoms with Gasteiger partial charge in [0.2, 0.25) is 0 Å². The molecule has 1 aliphatic carbocycles. The molecule has 3 fully saturated rings. The zero-order valence-corrected chi connectivity index (χ0v) is 20.2. The van der Waals surface area contributed by atoms with Crippen LogP contribution in [0.25, 0.3) is 0 Å². The third-order valence-electron chi connectivity index (χ3n) is 7.80. The highest BCUT2D eigenvalue weighted by molar-refractivity contribution is 5.38. The lowest BCUT2D eigenvalue weighted by atomic mass is 9.76. The van der Waals surface area contributed by atoms with E-state index in [1.807, 2.05) is 0 Å². The topological polar surface area (TPSA) is 20.6 Å². The number of nitrogens with zero attached hydrogens (tertiary/aromatic N) is 3. The molecule has 0 bridgehead atoms. The lowest BCUT2D eigenvalue weighted by molar-refractivity contribution is -0.143. The molecule has 3 nitrogen and oxygen atoms in total. The van der Waals surface area contributed by atoms with Gasteiger partial charge < -0.3 is 4.90 Å². The summed E-state index contributed by atoms with van der Waals surface area (Å²) < 4.78 is 95.4. The summed E-state index contributed by atoms with van der Waals surface area (Å²) in [5.74, 6) is -0.203. The van der Waals surface area contributed by atoms with Crippen molar-refractivity contribution in [3.63, 3.8) is 0 Å². The third kappa shape index (κ3) is 6.12. The maximum Gasteiger partial charge on any atom is 0.416 e. The minimum atomic E-state index is -4.94. The smallest absolute Gasteiger partial charge is 0.301 e. The first-order valence-corrected chi connectivity index (χ1v) is 12.7. The Hall–Kier alpha value is -2.17. The first kappa shape index (κ1) is 26.4.